The lowest BCUT2D eigenvalue weighted by Crippen LogP contribution is -2.49. The Hall–Kier alpha value is -6.02. The SMILES string of the molecule is Cc1cc(C(=O)N2CCC(CN3CCC(n4cc(C5CC5)c5cc(N6CCC(=O)NC6=O)cnc54)CC3)CC2)ccc1[C@H]1CCCN(c2cc(-c3ccccc3O)nnc2N)C1. The molecule has 7 heterocycles. The first-order valence-corrected chi connectivity index (χ1v) is 22.6. The van der Waals surface area contributed by atoms with Crippen LogP contribution in [0.5, 0.6) is 5.75 Å². The lowest BCUT2D eigenvalue weighted by Gasteiger charge is -2.38. The number of rotatable bonds is 9. The Morgan fingerprint density at radius 1 is 0.871 bits per heavy atom. The van der Waals surface area contributed by atoms with Gasteiger partial charge < -0.3 is 30.1 Å². The smallest absolute Gasteiger partial charge is 0.328 e. The number of para-hydroxylation sites is 1. The number of nitrogens with two attached hydrogens (primary N) is 1. The molecule has 0 unspecified atom stereocenters. The van der Waals surface area contributed by atoms with Gasteiger partial charge >= 0.3 is 6.03 Å². The third-order valence-electron chi connectivity index (χ3n) is 14.1. The van der Waals surface area contributed by atoms with Gasteiger partial charge in [0.2, 0.25) is 5.91 Å². The minimum absolute atomic E-state index is 0.121. The van der Waals surface area contributed by atoms with Gasteiger partial charge in [-0.3, -0.25) is 19.8 Å². The summed E-state index contributed by atoms with van der Waals surface area (Å²) in [7, 11) is 0. The number of fused-ring (bicyclic) bond motifs is 1. The van der Waals surface area contributed by atoms with Crippen molar-refractivity contribution in [3.8, 4) is 17.0 Å². The van der Waals surface area contributed by atoms with Crippen LogP contribution in [-0.4, -0.2) is 105 Å². The number of aryl methyl sites for hydroxylation is 1. The Morgan fingerprint density at radius 3 is 2.44 bits per heavy atom. The second-order valence-corrected chi connectivity index (χ2v) is 18.2. The maximum Gasteiger partial charge on any atom is 0.328 e. The van der Waals surface area contributed by atoms with Crippen molar-refractivity contribution in [2.45, 2.75) is 82.6 Å². The summed E-state index contributed by atoms with van der Waals surface area (Å²) in [6, 6.07) is 17.4. The zero-order valence-electron chi connectivity index (χ0n) is 35.5. The van der Waals surface area contributed by atoms with Gasteiger partial charge in [-0.05, 0) is 123 Å². The van der Waals surface area contributed by atoms with Crippen molar-refractivity contribution < 1.29 is 19.5 Å². The van der Waals surface area contributed by atoms with E-state index in [4.69, 9.17) is 10.7 Å². The fourth-order valence-corrected chi connectivity index (χ4v) is 10.5. The van der Waals surface area contributed by atoms with Crippen molar-refractivity contribution in [3.05, 3.63) is 89.2 Å². The second kappa shape index (κ2) is 16.7. The number of phenolic OH excluding ortho intramolecular Hbond substituents is 1. The molecule has 14 heteroatoms. The number of aromatic hydroxyl groups is 1. The second-order valence-electron chi connectivity index (χ2n) is 18.2. The number of imide groups is 1. The number of nitrogens with zero attached hydrogens (tertiary/aromatic N) is 8. The molecule has 2 aromatic carbocycles. The molecular formula is C48H56N10O4. The largest absolute Gasteiger partial charge is 0.507 e. The number of carbonyl (C=O) groups excluding carboxylic acids is 3. The summed E-state index contributed by atoms with van der Waals surface area (Å²) in [6.45, 7) is 8.85. The van der Waals surface area contributed by atoms with Gasteiger partial charge in [-0.15, -0.1) is 10.2 Å². The van der Waals surface area contributed by atoms with Crippen molar-refractivity contribution in [1.29, 1.82) is 0 Å². The first-order chi connectivity index (χ1) is 30.2. The monoisotopic (exact) mass is 836 g/mol. The molecule has 5 aromatic rings. The summed E-state index contributed by atoms with van der Waals surface area (Å²) in [4.78, 5) is 51.7. The molecule has 4 N–H and O–H groups in total. The number of hydrogen-bond acceptors (Lipinski definition) is 10. The van der Waals surface area contributed by atoms with E-state index in [1.54, 1.807) is 23.2 Å². The van der Waals surface area contributed by atoms with Gasteiger partial charge in [-0.25, -0.2) is 9.78 Å². The molecule has 0 radical (unpaired) electrons. The van der Waals surface area contributed by atoms with Crippen LogP contribution in [0.3, 0.4) is 0 Å². The fourth-order valence-electron chi connectivity index (χ4n) is 10.5. The molecule has 5 fully saturated rings. The molecule has 322 valence electrons. The number of benzene rings is 2. The van der Waals surface area contributed by atoms with Crippen LogP contribution in [0, 0.1) is 12.8 Å². The molecule has 5 aliphatic rings. The summed E-state index contributed by atoms with van der Waals surface area (Å²) in [5, 5.41) is 22.5. The Morgan fingerprint density at radius 2 is 1.68 bits per heavy atom. The molecule has 0 bridgehead atoms. The van der Waals surface area contributed by atoms with E-state index in [9.17, 15) is 19.5 Å². The van der Waals surface area contributed by atoms with Gasteiger partial charge in [0.05, 0.1) is 23.3 Å². The summed E-state index contributed by atoms with van der Waals surface area (Å²) in [5.41, 5.74) is 14.6. The number of carbonyl (C=O) groups is 3. The minimum Gasteiger partial charge on any atom is -0.507 e. The summed E-state index contributed by atoms with van der Waals surface area (Å²) in [5.74, 6) is 1.83. The van der Waals surface area contributed by atoms with Gasteiger partial charge in [0.25, 0.3) is 5.91 Å². The molecule has 3 aromatic heterocycles. The number of aromatic nitrogens is 4. The Balaban J connectivity index is 0.725. The van der Waals surface area contributed by atoms with Gasteiger partial charge in [0, 0.05) is 93.4 Å². The Kier molecular flexibility index (Phi) is 10.8. The number of urea groups is 1. The topological polar surface area (TPSA) is 166 Å². The number of anilines is 3. The van der Waals surface area contributed by atoms with E-state index < -0.39 is 0 Å². The van der Waals surface area contributed by atoms with E-state index in [0.29, 0.717) is 47.9 Å². The highest BCUT2D eigenvalue weighted by Crippen LogP contribution is 2.45. The average molecular weight is 837 g/mol. The van der Waals surface area contributed by atoms with Crippen molar-refractivity contribution in [3.63, 3.8) is 0 Å². The van der Waals surface area contributed by atoms with E-state index in [-0.39, 0.29) is 29.5 Å². The van der Waals surface area contributed by atoms with Crippen LogP contribution in [0.25, 0.3) is 22.3 Å². The number of hydrogen-bond donors (Lipinski definition) is 3. The predicted octanol–water partition coefficient (Wildman–Crippen LogP) is 6.99. The first kappa shape index (κ1) is 40.1. The molecule has 4 saturated heterocycles. The van der Waals surface area contributed by atoms with Gasteiger partial charge in [-0.2, -0.15) is 0 Å². The maximum atomic E-state index is 13.8. The molecule has 1 aliphatic carbocycles. The fraction of sp³-hybridized carbons (Fsp3) is 0.458. The van der Waals surface area contributed by atoms with E-state index in [0.717, 1.165) is 118 Å². The molecule has 14 nitrogen and oxygen atoms in total. The number of piperidine rings is 3. The highest BCUT2D eigenvalue weighted by Gasteiger charge is 2.33. The number of nitrogen functional groups attached to an aromatic ring is 1. The van der Waals surface area contributed by atoms with Gasteiger partial charge in [0.15, 0.2) is 5.82 Å². The average Bonchev–Trinajstić information content (AvgIpc) is 4.07. The van der Waals surface area contributed by atoms with Gasteiger partial charge in [-0.1, -0.05) is 18.2 Å². The number of phenols is 1. The predicted molar refractivity (Wildman–Crippen MR) is 239 cm³/mol. The van der Waals surface area contributed by atoms with Crippen LogP contribution in [-0.2, 0) is 4.79 Å². The standard InChI is InChI=1S/C48H56N10O4/c1-30-23-33(10-11-37(30)34-5-4-17-56(28-34)42-25-41(52-53-45(42)49)38-6-2-3-7-43(38)59)47(61)55-20-12-31(13-21-55)27-54-18-14-35(15-19-54)58-29-40(32-8-9-32)39-24-36(26-50-46(39)58)57-22-16-44(60)51-48(57)62/h2-3,6-7,10-11,23-26,29,31-32,34-35,59H,4-5,8-9,12-22,27-28H2,1H3,(H2,49,53)(H,51,60,62)/t34-/m0/s1. The van der Waals surface area contributed by atoms with Crippen LogP contribution in [0.4, 0.5) is 22.0 Å². The zero-order valence-corrected chi connectivity index (χ0v) is 35.5. The highest BCUT2D eigenvalue weighted by atomic mass is 16.3. The minimum atomic E-state index is -0.377. The molecule has 62 heavy (non-hydrogen) atoms. The zero-order chi connectivity index (χ0) is 42.5. The normalized spacial score (nSPS) is 20.9. The number of pyridine rings is 1. The number of amides is 4. The van der Waals surface area contributed by atoms with Gasteiger partial charge in [0.1, 0.15) is 11.4 Å². The van der Waals surface area contributed by atoms with Crippen LogP contribution in [0.2, 0.25) is 0 Å². The number of nitrogens with one attached hydrogen (secondary N) is 1. The quantitative estimate of drug-likeness (QED) is 0.141. The van der Waals surface area contributed by atoms with Crippen LogP contribution < -0.4 is 20.9 Å². The molecule has 4 aliphatic heterocycles. The van der Waals surface area contributed by atoms with E-state index in [2.05, 4.69) is 61.2 Å². The lowest BCUT2D eigenvalue weighted by atomic mass is 9.86. The number of likely N-dealkylation sites (tertiary alicyclic amines) is 2. The van der Waals surface area contributed by atoms with Crippen molar-refractivity contribution in [1.82, 2.24) is 34.9 Å². The van der Waals surface area contributed by atoms with Crippen molar-refractivity contribution >= 4 is 46.1 Å². The third-order valence-corrected chi connectivity index (χ3v) is 14.1. The van der Waals surface area contributed by atoms with Crippen LogP contribution >= 0.6 is 0 Å². The summed E-state index contributed by atoms with van der Waals surface area (Å²) >= 11 is 0. The van der Waals surface area contributed by atoms with Crippen molar-refractivity contribution in [2.24, 2.45) is 5.92 Å². The molecule has 4 amide bonds. The lowest BCUT2D eigenvalue weighted by molar-refractivity contribution is -0.120. The maximum absolute atomic E-state index is 13.8. The highest BCUT2D eigenvalue weighted by molar-refractivity contribution is 6.06. The van der Waals surface area contributed by atoms with Crippen LogP contribution in [0.1, 0.15) is 103 Å². The molecular weight excluding hydrogens is 781 g/mol. The Labute approximate surface area is 362 Å². The molecule has 1 atom stereocenters. The van der Waals surface area contributed by atoms with E-state index >= 15 is 0 Å². The first-order valence-electron chi connectivity index (χ1n) is 22.6. The summed E-state index contributed by atoms with van der Waals surface area (Å²) in [6.07, 6.45) is 13.0. The third kappa shape index (κ3) is 7.96. The van der Waals surface area contributed by atoms with E-state index in [1.165, 1.54) is 24.0 Å². The molecule has 10 rings (SSSR count). The van der Waals surface area contributed by atoms with E-state index in [1.807, 2.05) is 29.2 Å². The van der Waals surface area contributed by atoms with Crippen molar-refractivity contribution in [2.75, 3.05) is 67.9 Å². The Bertz CT molecular complexity index is 2520. The molecule has 1 saturated carbocycles. The molecule has 0 spiro atoms. The van der Waals surface area contributed by atoms with Crippen LogP contribution in [0.15, 0.2) is 67.0 Å². The summed E-state index contributed by atoms with van der Waals surface area (Å²) < 4.78 is 2.40.